The smallest absolute Gasteiger partial charge is 0.258 e. The minimum atomic E-state index is -1.01. The van der Waals surface area contributed by atoms with Gasteiger partial charge in [-0.2, -0.15) is 4.98 Å². The second-order valence-electron chi connectivity index (χ2n) is 5.69. The molecule has 22 heavy (non-hydrogen) atoms. The minimum Gasteiger partial charge on any atom is -0.380 e. The summed E-state index contributed by atoms with van der Waals surface area (Å²) in [5, 5.41) is 17.0. The van der Waals surface area contributed by atoms with Gasteiger partial charge in [0, 0.05) is 6.54 Å². The summed E-state index contributed by atoms with van der Waals surface area (Å²) in [6.07, 6.45) is 3.22. The molecule has 6 nitrogen and oxygen atoms in total. The van der Waals surface area contributed by atoms with Gasteiger partial charge in [-0.15, -0.1) is 0 Å². The molecule has 1 aromatic carbocycles. The summed E-state index contributed by atoms with van der Waals surface area (Å²) in [6.45, 7) is 0.467. The molecule has 1 aromatic heterocycles. The van der Waals surface area contributed by atoms with Gasteiger partial charge in [-0.05, 0) is 31.2 Å². The van der Waals surface area contributed by atoms with Crippen LogP contribution in [0.2, 0.25) is 0 Å². The van der Waals surface area contributed by atoms with Crippen molar-refractivity contribution in [3.63, 3.8) is 0 Å². The second-order valence-corrected chi connectivity index (χ2v) is 5.69. The van der Waals surface area contributed by atoms with E-state index in [-0.39, 0.29) is 18.2 Å². The average molecular weight is 301 g/mol. The zero-order valence-corrected chi connectivity index (χ0v) is 12.3. The number of carbonyl (C=O) groups excluding carboxylic acids is 1. The van der Waals surface area contributed by atoms with E-state index in [0.29, 0.717) is 25.2 Å². The fraction of sp³-hybridized carbons (Fsp3) is 0.438. The Hall–Kier alpha value is -2.21. The molecule has 1 heterocycles. The number of carbonyl (C=O) groups is 1. The molecule has 1 aliphatic rings. The summed E-state index contributed by atoms with van der Waals surface area (Å²) < 4.78 is 5.12. The number of hydrogen-bond donors (Lipinski definition) is 2. The van der Waals surface area contributed by atoms with Crippen molar-refractivity contribution >= 4 is 5.91 Å². The molecule has 0 aliphatic heterocycles. The average Bonchev–Trinajstić information content (AvgIpc) is 3.16. The fourth-order valence-corrected chi connectivity index (χ4v) is 2.69. The van der Waals surface area contributed by atoms with Crippen LogP contribution in [0.1, 0.15) is 43.0 Å². The topological polar surface area (TPSA) is 88.2 Å². The van der Waals surface area contributed by atoms with Crippen molar-refractivity contribution in [3.8, 4) is 0 Å². The number of nitrogens with one attached hydrogen (secondary N) is 1. The van der Waals surface area contributed by atoms with Crippen molar-refractivity contribution in [2.45, 2.75) is 44.2 Å². The van der Waals surface area contributed by atoms with Crippen molar-refractivity contribution in [1.82, 2.24) is 15.5 Å². The highest BCUT2D eigenvalue weighted by molar-refractivity contribution is 5.77. The number of amides is 1. The molecule has 0 spiro atoms. The molecule has 1 amide bonds. The maximum atomic E-state index is 11.9. The second kappa shape index (κ2) is 6.27. The molecule has 0 atom stereocenters. The van der Waals surface area contributed by atoms with Crippen molar-refractivity contribution < 1.29 is 14.4 Å². The zero-order chi connectivity index (χ0) is 15.4. The standard InChI is InChI=1S/C16H19N3O3/c20-14(17-11-12-6-2-1-3-7-12)10-13-18-15(22-19-13)16(21)8-4-5-9-16/h1-3,6-7,21H,4-5,8-11H2,(H,17,20). The summed E-state index contributed by atoms with van der Waals surface area (Å²) in [5.74, 6) is 0.367. The van der Waals surface area contributed by atoms with Gasteiger partial charge in [-0.3, -0.25) is 4.79 Å². The van der Waals surface area contributed by atoms with E-state index in [4.69, 9.17) is 4.52 Å². The van der Waals surface area contributed by atoms with E-state index in [1.807, 2.05) is 30.3 Å². The van der Waals surface area contributed by atoms with Gasteiger partial charge < -0.3 is 14.9 Å². The number of aromatic nitrogens is 2. The van der Waals surface area contributed by atoms with E-state index in [2.05, 4.69) is 15.5 Å². The largest absolute Gasteiger partial charge is 0.380 e. The van der Waals surface area contributed by atoms with E-state index in [0.717, 1.165) is 18.4 Å². The van der Waals surface area contributed by atoms with Crippen LogP contribution in [-0.4, -0.2) is 21.2 Å². The van der Waals surface area contributed by atoms with Gasteiger partial charge in [-0.25, -0.2) is 0 Å². The van der Waals surface area contributed by atoms with Gasteiger partial charge in [0.1, 0.15) is 5.60 Å². The van der Waals surface area contributed by atoms with E-state index in [9.17, 15) is 9.90 Å². The highest BCUT2D eigenvalue weighted by atomic mass is 16.5. The van der Waals surface area contributed by atoms with E-state index >= 15 is 0 Å². The highest BCUT2D eigenvalue weighted by Crippen LogP contribution is 2.37. The van der Waals surface area contributed by atoms with Crippen LogP contribution in [-0.2, 0) is 23.4 Å². The predicted molar refractivity (Wildman–Crippen MR) is 78.7 cm³/mol. The Bertz CT molecular complexity index is 633. The summed E-state index contributed by atoms with van der Waals surface area (Å²) in [5.41, 5.74) is 0.0242. The van der Waals surface area contributed by atoms with Crippen LogP contribution in [0.15, 0.2) is 34.9 Å². The highest BCUT2D eigenvalue weighted by Gasteiger charge is 2.38. The molecule has 3 rings (SSSR count). The number of nitrogens with zero attached hydrogens (tertiary/aromatic N) is 2. The third-order valence-corrected chi connectivity index (χ3v) is 3.95. The Labute approximate surface area is 128 Å². The van der Waals surface area contributed by atoms with Crippen molar-refractivity contribution in [1.29, 1.82) is 0 Å². The molecule has 1 saturated carbocycles. The lowest BCUT2D eigenvalue weighted by Crippen LogP contribution is -2.25. The molecule has 0 bridgehead atoms. The number of aliphatic hydroxyl groups is 1. The number of hydrogen-bond acceptors (Lipinski definition) is 5. The van der Waals surface area contributed by atoms with E-state index in [1.54, 1.807) is 0 Å². The molecule has 0 saturated heterocycles. The van der Waals surface area contributed by atoms with Crippen LogP contribution >= 0.6 is 0 Å². The quantitative estimate of drug-likeness (QED) is 0.877. The molecule has 116 valence electrons. The molecule has 2 N–H and O–H groups in total. The number of rotatable bonds is 5. The first-order chi connectivity index (χ1) is 10.7. The fourth-order valence-electron chi connectivity index (χ4n) is 2.69. The molecular weight excluding hydrogens is 282 g/mol. The van der Waals surface area contributed by atoms with Crippen molar-refractivity contribution in [2.24, 2.45) is 0 Å². The first kappa shape index (κ1) is 14.7. The van der Waals surface area contributed by atoms with E-state index < -0.39 is 5.60 Å². The Balaban J connectivity index is 1.55. The lowest BCUT2D eigenvalue weighted by atomic mass is 10.0. The molecule has 6 heteroatoms. The molecule has 1 aliphatic carbocycles. The first-order valence-electron chi connectivity index (χ1n) is 7.52. The Morgan fingerprint density at radius 2 is 2.00 bits per heavy atom. The van der Waals surface area contributed by atoms with Crippen LogP contribution in [0.3, 0.4) is 0 Å². The summed E-state index contributed by atoms with van der Waals surface area (Å²) in [6, 6.07) is 9.68. The van der Waals surface area contributed by atoms with Crippen LogP contribution in [0, 0.1) is 0 Å². The predicted octanol–water partition coefficient (Wildman–Crippen LogP) is 1.69. The van der Waals surface area contributed by atoms with E-state index in [1.165, 1.54) is 0 Å². The maximum Gasteiger partial charge on any atom is 0.258 e. The number of benzene rings is 1. The summed E-state index contributed by atoms with van der Waals surface area (Å²) >= 11 is 0. The monoisotopic (exact) mass is 301 g/mol. The third-order valence-electron chi connectivity index (χ3n) is 3.95. The molecule has 1 fully saturated rings. The van der Waals surface area contributed by atoms with Gasteiger partial charge >= 0.3 is 0 Å². The van der Waals surface area contributed by atoms with Crippen LogP contribution in [0.5, 0.6) is 0 Å². The van der Waals surface area contributed by atoms with Crippen molar-refractivity contribution in [2.75, 3.05) is 0 Å². The van der Waals surface area contributed by atoms with Crippen LogP contribution in [0.4, 0.5) is 0 Å². The minimum absolute atomic E-state index is 0.0480. The van der Waals surface area contributed by atoms with Crippen LogP contribution < -0.4 is 5.32 Å². The van der Waals surface area contributed by atoms with Gasteiger partial charge in [0.05, 0.1) is 6.42 Å². The molecule has 0 unspecified atom stereocenters. The SMILES string of the molecule is O=C(Cc1noc(C2(O)CCCC2)n1)NCc1ccccc1. The molecule has 0 radical (unpaired) electrons. The Morgan fingerprint density at radius 1 is 1.27 bits per heavy atom. The normalized spacial score (nSPS) is 16.6. The van der Waals surface area contributed by atoms with Gasteiger partial charge in [0.15, 0.2) is 5.82 Å². The van der Waals surface area contributed by atoms with Gasteiger partial charge in [-0.1, -0.05) is 35.5 Å². The Kier molecular flexibility index (Phi) is 4.20. The molecule has 2 aromatic rings. The summed E-state index contributed by atoms with van der Waals surface area (Å²) in [4.78, 5) is 16.1. The van der Waals surface area contributed by atoms with Crippen LogP contribution in [0.25, 0.3) is 0 Å². The van der Waals surface area contributed by atoms with Crippen molar-refractivity contribution in [3.05, 3.63) is 47.6 Å². The first-order valence-corrected chi connectivity index (χ1v) is 7.52. The van der Waals surface area contributed by atoms with Gasteiger partial charge in [0.25, 0.3) is 5.89 Å². The summed E-state index contributed by atoms with van der Waals surface area (Å²) in [7, 11) is 0. The maximum absolute atomic E-state index is 11.9. The lowest BCUT2D eigenvalue weighted by molar-refractivity contribution is -0.120. The lowest BCUT2D eigenvalue weighted by Gasteiger charge is -2.15. The third kappa shape index (κ3) is 3.33. The Morgan fingerprint density at radius 3 is 2.73 bits per heavy atom. The molecular formula is C16H19N3O3. The zero-order valence-electron chi connectivity index (χ0n) is 12.3. The van der Waals surface area contributed by atoms with Gasteiger partial charge in [0.2, 0.25) is 5.91 Å².